The highest BCUT2D eigenvalue weighted by molar-refractivity contribution is 5.87. The van der Waals surface area contributed by atoms with Crippen LogP contribution in [-0.4, -0.2) is 22.7 Å². The molecule has 1 aromatic heterocycles. The average Bonchev–Trinajstić information content (AvgIpc) is 3.27. The number of fused-ring (bicyclic) bond motifs is 1. The maximum absolute atomic E-state index is 12.3. The van der Waals surface area contributed by atoms with E-state index in [1.54, 1.807) is 24.3 Å². The van der Waals surface area contributed by atoms with Gasteiger partial charge in [0.1, 0.15) is 5.75 Å². The zero-order valence-electron chi connectivity index (χ0n) is 15.3. The van der Waals surface area contributed by atoms with Gasteiger partial charge in [-0.3, -0.25) is 4.79 Å². The fourth-order valence-electron chi connectivity index (χ4n) is 3.13. The molecule has 1 atom stereocenters. The van der Waals surface area contributed by atoms with E-state index in [0.717, 1.165) is 21.9 Å². The molecule has 0 aliphatic heterocycles. The standard InChI is InChI=1S/C22H19N3O3/c1-15(19-8-4-6-16-5-2-3-7-20(16)19)24-21(26)13-27-18-11-9-17(10-12-18)22-25-23-14-28-22/h2-12,14-15H,13H2,1H3,(H,24,26)/t15-/m0/s1. The van der Waals surface area contributed by atoms with Crippen molar-refractivity contribution < 1.29 is 13.9 Å². The van der Waals surface area contributed by atoms with Gasteiger partial charge in [0.2, 0.25) is 12.3 Å². The summed E-state index contributed by atoms with van der Waals surface area (Å²) in [6, 6.07) is 21.3. The molecule has 4 rings (SSSR count). The Balaban J connectivity index is 1.36. The van der Waals surface area contributed by atoms with Crippen LogP contribution in [0, 0.1) is 0 Å². The second-order valence-corrected chi connectivity index (χ2v) is 6.41. The summed E-state index contributed by atoms with van der Waals surface area (Å²) < 4.78 is 10.7. The fraction of sp³-hybridized carbons (Fsp3) is 0.136. The predicted octanol–water partition coefficient (Wildman–Crippen LogP) is 4.15. The zero-order chi connectivity index (χ0) is 19.3. The number of benzene rings is 3. The van der Waals surface area contributed by atoms with Crippen LogP contribution in [-0.2, 0) is 4.79 Å². The Bertz CT molecular complexity index is 1070. The first-order chi connectivity index (χ1) is 13.7. The van der Waals surface area contributed by atoms with Crippen LogP contribution in [0.15, 0.2) is 77.5 Å². The highest BCUT2D eigenvalue weighted by Crippen LogP contribution is 2.24. The molecular weight excluding hydrogens is 354 g/mol. The average molecular weight is 373 g/mol. The number of aromatic nitrogens is 2. The van der Waals surface area contributed by atoms with E-state index in [4.69, 9.17) is 9.15 Å². The van der Waals surface area contributed by atoms with Gasteiger partial charge in [0, 0.05) is 5.56 Å². The Morgan fingerprint density at radius 3 is 2.64 bits per heavy atom. The molecule has 3 aromatic carbocycles. The highest BCUT2D eigenvalue weighted by Gasteiger charge is 2.13. The number of hydrogen-bond acceptors (Lipinski definition) is 5. The van der Waals surface area contributed by atoms with Crippen LogP contribution in [0.3, 0.4) is 0 Å². The van der Waals surface area contributed by atoms with Crippen LogP contribution < -0.4 is 10.1 Å². The number of ether oxygens (including phenoxy) is 1. The lowest BCUT2D eigenvalue weighted by Gasteiger charge is -2.17. The summed E-state index contributed by atoms with van der Waals surface area (Å²) in [4.78, 5) is 12.3. The SMILES string of the molecule is C[C@H](NC(=O)COc1ccc(-c2nnco2)cc1)c1cccc2ccccc12. The molecule has 1 amide bonds. The Morgan fingerprint density at radius 2 is 1.86 bits per heavy atom. The number of hydrogen-bond donors (Lipinski definition) is 1. The monoisotopic (exact) mass is 373 g/mol. The summed E-state index contributed by atoms with van der Waals surface area (Å²) in [6.07, 6.45) is 1.28. The normalized spacial score (nSPS) is 11.9. The third-order valence-electron chi connectivity index (χ3n) is 4.50. The van der Waals surface area contributed by atoms with Crippen LogP contribution >= 0.6 is 0 Å². The van der Waals surface area contributed by atoms with Gasteiger partial charge in [-0.15, -0.1) is 10.2 Å². The summed E-state index contributed by atoms with van der Waals surface area (Å²) in [5, 5.41) is 12.8. The van der Waals surface area contributed by atoms with Crippen molar-refractivity contribution in [3.05, 3.63) is 78.7 Å². The van der Waals surface area contributed by atoms with Gasteiger partial charge in [-0.1, -0.05) is 42.5 Å². The molecule has 6 heteroatoms. The van der Waals surface area contributed by atoms with Crippen molar-refractivity contribution in [2.24, 2.45) is 0 Å². The molecular formula is C22H19N3O3. The van der Waals surface area contributed by atoms with Crippen molar-refractivity contribution in [3.8, 4) is 17.2 Å². The van der Waals surface area contributed by atoms with Crippen LogP contribution in [0.4, 0.5) is 0 Å². The van der Waals surface area contributed by atoms with Crippen LogP contribution in [0.5, 0.6) is 5.75 Å². The Kier molecular flexibility index (Phi) is 5.01. The topological polar surface area (TPSA) is 77.2 Å². The number of carbonyl (C=O) groups excluding carboxylic acids is 1. The van der Waals surface area contributed by atoms with Crippen molar-refractivity contribution in [1.29, 1.82) is 0 Å². The largest absolute Gasteiger partial charge is 0.484 e. The molecule has 0 radical (unpaired) electrons. The lowest BCUT2D eigenvalue weighted by atomic mass is 10.00. The van der Waals surface area contributed by atoms with E-state index in [1.165, 1.54) is 6.39 Å². The molecule has 0 unspecified atom stereocenters. The van der Waals surface area contributed by atoms with Crippen molar-refractivity contribution in [2.45, 2.75) is 13.0 Å². The van der Waals surface area contributed by atoms with E-state index in [-0.39, 0.29) is 18.6 Å². The Morgan fingerprint density at radius 1 is 1.07 bits per heavy atom. The second kappa shape index (κ2) is 7.92. The third kappa shape index (κ3) is 3.86. The molecule has 0 bridgehead atoms. The highest BCUT2D eigenvalue weighted by atomic mass is 16.5. The first-order valence-corrected chi connectivity index (χ1v) is 8.97. The van der Waals surface area contributed by atoms with Crippen molar-refractivity contribution >= 4 is 16.7 Å². The minimum Gasteiger partial charge on any atom is -0.484 e. The Hall–Kier alpha value is -3.67. The van der Waals surface area contributed by atoms with Crippen LogP contribution in [0.1, 0.15) is 18.5 Å². The number of rotatable bonds is 6. The molecule has 4 aromatic rings. The fourth-order valence-corrected chi connectivity index (χ4v) is 3.13. The summed E-state index contributed by atoms with van der Waals surface area (Å²) >= 11 is 0. The lowest BCUT2D eigenvalue weighted by Crippen LogP contribution is -2.31. The lowest BCUT2D eigenvalue weighted by molar-refractivity contribution is -0.123. The van der Waals surface area contributed by atoms with E-state index in [1.807, 2.05) is 31.2 Å². The van der Waals surface area contributed by atoms with Crippen molar-refractivity contribution in [1.82, 2.24) is 15.5 Å². The summed E-state index contributed by atoms with van der Waals surface area (Å²) in [5.41, 5.74) is 1.87. The minimum atomic E-state index is -0.179. The molecule has 0 aliphatic rings. The second-order valence-electron chi connectivity index (χ2n) is 6.41. The molecule has 0 spiro atoms. The predicted molar refractivity (Wildman–Crippen MR) is 106 cm³/mol. The van der Waals surface area contributed by atoms with E-state index < -0.39 is 0 Å². The molecule has 0 aliphatic carbocycles. The van der Waals surface area contributed by atoms with Crippen molar-refractivity contribution in [2.75, 3.05) is 6.61 Å². The van der Waals surface area contributed by atoms with E-state index in [9.17, 15) is 4.79 Å². The molecule has 28 heavy (non-hydrogen) atoms. The van der Waals surface area contributed by atoms with Crippen LogP contribution in [0.25, 0.3) is 22.2 Å². The number of nitrogens with one attached hydrogen (secondary N) is 1. The minimum absolute atomic E-state index is 0.0605. The molecule has 0 saturated heterocycles. The molecule has 6 nitrogen and oxygen atoms in total. The smallest absolute Gasteiger partial charge is 0.258 e. The van der Waals surface area contributed by atoms with Gasteiger partial charge in [-0.25, -0.2) is 0 Å². The molecule has 0 fully saturated rings. The zero-order valence-corrected chi connectivity index (χ0v) is 15.3. The van der Waals surface area contributed by atoms with E-state index >= 15 is 0 Å². The molecule has 140 valence electrons. The molecule has 0 saturated carbocycles. The molecule has 1 N–H and O–H groups in total. The van der Waals surface area contributed by atoms with Gasteiger partial charge < -0.3 is 14.5 Å². The first-order valence-electron chi connectivity index (χ1n) is 8.97. The van der Waals surface area contributed by atoms with Gasteiger partial charge in [-0.05, 0) is 47.5 Å². The maximum Gasteiger partial charge on any atom is 0.258 e. The summed E-state index contributed by atoms with van der Waals surface area (Å²) in [5.74, 6) is 0.853. The third-order valence-corrected chi connectivity index (χ3v) is 4.50. The van der Waals surface area contributed by atoms with Gasteiger partial charge >= 0.3 is 0 Å². The van der Waals surface area contributed by atoms with E-state index in [0.29, 0.717) is 11.6 Å². The van der Waals surface area contributed by atoms with Gasteiger partial charge in [0.15, 0.2) is 6.61 Å². The summed E-state index contributed by atoms with van der Waals surface area (Å²) in [7, 11) is 0. The maximum atomic E-state index is 12.3. The quantitative estimate of drug-likeness (QED) is 0.549. The number of amides is 1. The van der Waals surface area contributed by atoms with E-state index in [2.05, 4.69) is 33.7 Å². The number of nitrogens with zero attached hydrogens (tertiary/aromatic N) is 2. The van der Waals surface area contributed by atoms with Gasteiger partial charge in [0.05, 0.1) is 6.04 Å². The summed E-state index contributed by atoms with van der Waals surface area (Å²) in [6.45, 7) is 1.91. The van der Waals surface area contributed by atoms with Gasteiger partial charge in [0.25, 0.3) is 5.91 Å². The van der Waals surface area contributed by atoms with Gasteiger partial charge in [-0.2, -0.15) is 0 Å². The van der Waals surface area contributed by atoms with Crippen molar-refractivity contribution in [3.63, 3.8) is 0 Å². The van der Waals surface area contributed by atoms with Crippen LogP contribution in [0.2, 0.25) is 0 Å². The Labute approximate surface area is 162 Å². The first kappa shape index (κ1) is 17.7. The number of carbonyl (C=O) groups is 1. The molecule has 1 heterocycles.